The first kappa shape index (κ1) is 6.08. The summed E-state index contributed by atoms with van der Waals surface area (Å²) in [6.07, 6.45) is 7.30. The van der Waals surface area contributed by atoms with Gasteiger partial charge in [-0.3, -0.25) is 0 Å². The molecule has 1 N–H and O–H groups in total. The van der Waals surface area contributed by atoms with Gasteiger partial charge in [-0.15, -0.1) is 0 Å². The van der Waals surface area contributed by atoms with E-state index in [2.05, 4.69) is 5.32 Å². The van der Waals surface area contributed by atoms with E-state index in [1.165, 1.54) is 31.4 Å². The van der Waals surface area contributed by atoms with Crippen molar-refractivity contribution >= 4 is 0 Å². The zero-order chi connectivity index (χ0) is 6.81. The SMILES string of the molecule is C1=C(NC2CCCC2)CO1. The maximum atomic E-state index is 4.92. The Morgan fingerprint density at radius 2 is 2.10 bits per heavy atom. The normalized spacial score (nSPS) is 25.0. The Morgan fingerprint density at radius 3 is 2.60 bits per heavy atom. The molecule has 0 saturated heterocycles. The topological polar surface area (TPSA) is 21.3 Å². The van der Waals surface area contributed by atoms with Crippen LogP contribution in [-0.4, -0.2) is 12.6 Å². The van der Waals surface area contributed by atoms with Crippen molar-refractivity contribution in [1.82, 2.24) is 5.32 Å². The van der Waals surface area contributed by atoms with E-state index in [9.17, 15) is 0 Å². The molecule has 2 nitrogen and oxygen atoms in total. The first-order chi connectivity index (χ1) is 4.95. The van der Waals surface area contributed by atoms with Crippen molar-refractivity contribution in [2.75, 3.05) is 6.61 Å². The number of nitrogens with one attached hydrogen (secondary N) is 1. The predicted molar refractivity (Wildman–Crippen MR) is 39.4 cm³/mol. The Morgan fingerprint density at radius 1 is 1.40 bits per heavy atom. The molecule has 1 heterocycles. The number of hydrogen-bond acceptors (Lipinski definition) is 2. The summed E-state index contributed by atoms with van der Waals surface area (Å²) in [6.45, 7) is 0.802. The van der Waals surface area contributed by atoms with Gasteiger partial charge < -0.3 is 10.1 Å². The molecule has 10 heavy (non-hydrogen) atoms. The molecule has 0 aromatic carbocycles. The van der Waals surface area contributed by atoms with Crippen molar-refractivity contribution in [2.24, 2.45) is 0 Å². The Balaban J connectivity index is 1.78. The summed E-state index contributed by atoms with van der Waals surface area (Å²) in [5, 5.41) is 3.45. The van der Waals surface area contributed by atoms with Crippen LogP contribution in [0.5, 0.6) is 0 Å². The van der Waals surface area contributed by atoms with Crippen LogP contribution in [0.3, 0.4) is 0 Å². The standard InChI is InChI=1S/C8H13NO/c1-2-4-7(3-1)9-8-5-10-6-8/h5,7,9H,1-4,6H2. The van der Waals surface area contributed by atoms with Crippen LogP contribution in [0.1, 0.15) is 25.7 Å². The van der Waals surface area contributed by atoms with E-state index in [1.54, 1.807) is 0 Å². The monoisotopic (exact) mass is 139 g/mol. The Bertz CT molecular complexity index is 147. The average Bonchev–Trinajstić information content (AvgIpc) is 2.29. The second-order valence-electron chi connectivity index (χ2n) is 3.08. The van der Waals surface area contributed by atoms with Crippen molar-refractivity contribution in [1.29, 1.82) is 0 Å². The smallest absolute Gasteiger partial charge is 0.130 e. The van der Waals surface area contributed by atoms with Gasteiger partial charge in [-0.25, -0.2) is 0 Å². The molecule has 0 atom stereocenters. The quantitative estimate of drug-likeness (QED) is 0.624. The van der Waals surface area contributed by atoms with Crippen LogP contribution in [0.15, 0.2) is 12.0 Å². The molecule has 0 bridgehead atoms. The third-order valence-electron chi connectivity index (χ3n) is 2.21. The van der Waals surface area contributed by atoms with Gasteiger partial charge >= 0.3 is 0 Å². The average molecular weight is 139 g/mol. The molecule has 0 radical (unpaired) electrons. The highest BCUT2D eigenvalue weighted by Gasteiger charge is 2.17. The lowest BCUT2D eigenvalue weighted by molar-refractivity contribution is 0.207. The molecular formula is C8H13NO. The van der Waals surface area contributed by atoms with Gasteiger partial charge in [-0.2, -0.15) is 0 Å². The summed E-state index contributed by atoms with van der Waals surface area (Å²) >= 11 is 0. The molecule has 1 aliphatic heterocycles. The fourth-order valence-electron chi connectivity index (χ4n) is 1.57. The first-order valence-electron chi connectivity index (χ1n) is 4.02. The zero-order valence-corrected chi connectivity index (χ0v) is 6.10. The van der Waals surface area contributed by atoms with Crippen molar-refractivity contribution in [2.45, 2.75) is 31.7 Å². The Hall–Kier alpha value is -0.660. The number of hydrogen-bond donors (Lipinski definition) is 1. The molecule has 2 aliphatic rings. The highest BCUT2D eigenvalue weighted by Crippen LogP contribution is 2.19. The van der Waals surface area contributed by atoms with Gasteiger partial charge in [0, 0.05) is 6.04 Å². The van der Waals surface area contributed by atoms with Crippen LogP contribution < -0.4 is 5.32 Å². The van der Waals surface area contributed by atoms with Gasteiger partial charge in [0.05, 0.1) is 5.70 Å². The first-order valence-corrected chi connectivity index (χ1v) is 4.02. The van der Waals surface area contributed by atoms with E-state index in [0.717, 1.165) is 12.6 Å². The highest BCUT2D eigenvalue weighted by molar-refractivity contribution is 5.05. The fourth-order valence-corrected chi connectivity index (χ4v) is 1.57. The molecular weight excluding hydrogens is 126 g/mol. The van der Waals surface area contributed by atoms with Crippen molar-refractivity contribution in [3.63, 3.8) is 0 Å². The van der Waals surface area contributed by atoms with Crippen LogP contribution in [0.25, 0.3) is 0 Å². The van der Waals surface area contributed by atoms with E-state index in [-0.39, 0.29) is 0 Å². The lowest BCUT2D eigenvalue weighted by Gasteiger charge is -2.21. The lowest BCUT2D eigenvalue weighted by Crippen LogP contribution is -2.30. The van der Waals surface area contributed by atoms with E-state index in [0.29, 0.717) is 0 Å². The predicted octanol–water partition coefficient (Wildman–Crippen LogP) is 1.39. The summed E-state index contributed by atoms with van der Waals surface area (Å²) in [6, 6.07) is 0.746. The third kappa shape index (κ3) is 1.11. The minimum absolute atomic E-state index is 0.746. The van der Waals surface area contributed by atoms with Crippen LogP contribution in [0.2, 0.25) is 0 Å². The molecule has 0 aromatic heterocycles. The molecule has 0 amide bonds. The van der Waals surface area contributed by atoms with Gasteiger partial charge in [-0.1, -0.05) is 12.8 Å². The van der Waals surface area contributed by atoms with Gasteiger partial charge in [0.1, 0.15) is 12.9 Å². The van der Waals surface area contributed by atoms with E-state index >= 15 is 0 Å². The van der Waals surface area contributed by atoms with Crippen LogP contribution in [0.4, 0.5) is 0 Å². The minimum atomic E-state index is 0.746. The molecule has 56 valence electrons. The number of rotatable bonds is 2. The fraction of sp³-hybridized carbons (Fsp3) is 0.750. The van der Waals surface area contributed by atoms with E-state index in [1.807, 2.05) is 6.26 Å². The van der Waals surface area contributed by atoms with E-state index in [4.69, 9.17) is 4.74 Å². The Kier molecular flexibility index (Phi) is 1.53. The second kappa shape index (κ2) is 2.52. The summed E-state index contributed by atoms with van der Waals surface area (Å²) in [5.41, 5.74) is 1.28. The van der Waals surface area contributed by atoms with Gasteiger partial charge in [0.15, 0.2) is 0 Å². The Labute approximate surface area is 61.3 Å². The van der Waals surface area contributed by atoms with Crippen LogP contribution in [-0.2, 0) is 4.74 Å². The third-order valence-corrected chi connectivity index (χ3v) is 2.21. The molecule has 0 aromatic rings. The largest absolute Gasteiger partial charge is 0.493 e. The van der Waals surface area contributed by atoms with Gasteiger partial charge in [-0.05, 0) is 12.8 Å². The minimum Gasteiger partial charge on any atom is -0.493 e. The van der Waals surface area contributed by atoms with E-state index < -0.39 is 0 Å². The molecule has 2 heteroatoms. The maximum Gasteiger partial charge on any atom is 0.130 e. The summed E-state index contributed by atoms with van der Waals surface area (Å²) in [5.74, 6) is 0. The summed E-state index contributed by atoms with van der Waals surface area (Å²) < 4.78 is 4.92. The van der Waals surface area contributed by atoms with Gasteiger partial charge in [0.2, 0.25) is 0 Å². The lowest BCUT2D eigenvalue weighted by atomic mass is 10.2. The maximum absolute atomic E-state index is 4.92. The molecule has 1 saturated carbocycles. The van der Waals surface area contributed by atoms with Crippen LogP contribution in [0, 0.1) is 0 Å². The highest BCUT2D eigenvalue weighted by atomic mass is 16.5. The molecule has 0 spiro atoms. The summed E-state index contributed by atoms with van der Waals surface area (Å²) in [7, 11) is 0. The molecule has 0 unspecified atom stereocenters. The number of ether oxygens (including phenoxy) is 1. The van der Waals surface area contributed by atoms with Crippen molar-refractivity contribution in [3.8, 4) is 0 Å². The zero-order valence-electron chi connectivity index (χ0n) is 6.10. The van der Waals surface area contributed by atoms with Crippen LogP contribution >= 0.6 is 0 Å². The molecule has 1 fully saturated rings. The van der Waals surface area contributed by atoms with Crippen molar-refractivity contribution < 1.29 is 4.74 Å². The van der Waals surface area contributed by atoms with Gasteiger partial charge in [0.25, 0.3) is 0 Å². The summed E-state index contributed by atoms with van der Waals surface area (Å²) in [4.78, 5) is 0. The molecule has 1 aliphatic carbocycles. The molecule has 2 rings (SSSR count). The van der Waals surface area contributed by atoms with Crippen molar-refractivity contribution in [3.05, 3.63) is 12.0 Å². The second-order valence-corrected chi connectivity index (χ2v) is 3.08.